The van der Waals surface area contributed by atoms with Crippen LogP contribution in [0.25, 0.3) is 0 Å². The van der Waals surface area contributed by atoms with E-state index in [1.807, 2.05) is 0 Å². The summed E-state index contributed by atoms with van der Waals surface area (Å²) in [5.74, 6) is -0.318. The van der Waals surface area contributed by atoms with E-state index in [0.717, 1.165) is 19.5 Å². The van der Waals surface area contributed by atoms with Crippen LogP contribution in [-0.2, 0) is 6.54 Å². The number of halogens is 2. The maximum absolute atomic E-state index is 13.5. The van der Waals surface area contributed by atoms with Gasteiger partial charge in [-0.3, -0.25) is 0 Å². The monoisotopic (exact) mass is 258 g/mol. The molecule has 0 fully saturated rings. The van der Waals surface area contributed by atoms with Gasteiger partial charge in [0, 0.05) is 18.2 Å². The highest BCUT2D eigenvalue weighted by Gasteiger charge is 2.04. The number of nitrogens with one attached hydrogen (secondary N) is 2. The Labute approximate surface area is 108 Å². The first-order valence-corrected chi connectivity index (χ1v) is 6.36. The molecule has 0 amide bonds. The van der Waals surface area contributed by atoms with Crippen molar-refractivity contribution in [3.63, 3.8) is 0 Å². The van der Waals surface area contributed by atoms with E-state index in [-0.39, 0.29) is 10.8 Å². The van der Waals surface area contributed by atoms with Gasteiger partial charge in [-0.15, -0.1) is 0 Å². The molecule has 0 aliphatic heterocycles. The molecule has 2 nitrogen and oxygen atoms in total. The second kappa shape index (κ2) is 7.64. The summed E-state index contributed by atoms with van der Waals surface area (Å²) in [6.07, 6.45) is 1.03. The lowest BCUT2D eigenvalue weighted by atomic mass is 10.2. The largest absolute Gasteiger partial charge is 0.314 e. The molecule has 0 bridgehead atoms. The first kappa shape index (κ1) is 14.4. The first-order valence-electron chi connectivity index (χ1n) is 5.98. The summed E-state index contributed by atoms with van der Waals surface area (Å²) in [5.41, 5.74) is 0.620. The summed E-state index contributed by atoms with van der Waals surface area (Å²) < 4.78 is 13.5. The van der Waals surface area contributed by atoms with Crippen LogP contribution in [0.3, 0.4) is 0 Å². The van der Waals surface area contributed by atoms with E-state index in [1.54, 1.807) is 18.2 Å². The summed E-state index contributed by atoms with van der Waals surface area (Å²) in [5, 5.41) is 6.72. The van der Waals surface area contributed by atoms with Gasteiger partial charge >= 0.3 is 0 Å². The molecule has 0 atom stereocenters. The van der Waals surface area contributed by atoms with Gasteiger partial charge in [-0.1, -0.05) is 37.6 Å². The van der Waals surface area contributed by atoms with Crippen LogP contribution >= 0.6 is 11.6 Å². The Morgan fingerprint density at radius 3 is 2.76 bits per heavy atom. The third-order valence-corrected chi connectivity index (χ3v) is 2.72. The molecule has 0 heterocycles. The molecule has 0 saturated heterocycles. The van der Waals surface area contributed by atoms with Crippen LogP contribution in [0.4, 0.5) is 4.39 Å². The van der Waals surface area contributed by atoms with E-state index in [4.69, 9.17) is 11.6 Å². The lowest BCUT2D eigenvalue weighted by molar-refractivity contribution is 0.540. The van der Waals surface area contributed by atoms with Gasteiger partial charge in [0.2, 0.25) is 0 Å². The van der Waals surface area contributed by atoms with Crippen LogP contribution in [0.1, 0.15) is 25.8 Å². The lowest BCUT2D eigenvalue weighted by Gasteiger charge is -2.09. The van der Waals surface area contributed by atoms with Crippen molar-refractivity contribution in [2.75, 3.05) is 13.1 Å². The molecule has 0 radical (unpaired) electrons. The highest BCUT2D eigenvalue weighted by atomic mass is 35.5. The molecule has 2 N–H and O–H groups in total. The van der Waals surface area contributed by atoms with Crippen LogP contribution in [-0.4, -0.2) is 19.1 Å². The van der Waals surface area contributed by atoms with Crippen molar-refractivity contribution in [1.29, 1.82) is 0 Å². The Morgan fingerprint density at radius 1 is 1.29 bits per heavy atom. The molecule has 4 heteroatoms. The molecule has 0 aromatic heterocycles. The SMILES string of the molecule is CC(C)NCCCNCc1cccc(Cl)c1F. The molecule has 1 aromatic rings. The van der Waals surface area contributed by atoms with Gasteiger partial charge in [0.15, 0.2) is 0 Å². The zero-order valence-electron chi connectivity index (χ0n) is 10.4. The number of hydrogen-bond acceptors (Lipinski definition) is 2. The zero-order chi connectivity index (χ0) is 12.7. The molecule has 17 heavy (non-hydrogen) atoms. The Morgan fingerprint density at radius 2 is 2.06 bits per heavy atom. The van der Waals surface area contributed by atoms with E-state index < -0.39 is 0 Å². The van der Waals surface area contributed by atoms with E-state index in [2.05, 4.69) is 24.5 Å². The Hall–Kier alpha value is -0.640. The Balaban J connectivity index is 2.20. The highest BCUT2D eigenvalue weighted by Crippen LogP contribution is 2.17. The third-order valence-electron chi connectivity index (χ3n) is 2.43. The van der Waals surface area contributed by atoms with Gasteiger partial charge in [-0.25, -0.2) is 4.39 Å². The average Bonchev–Trinajstić information content (AvgIpc) is 2.28. The summed E-state index contributed by atoms with van der Waals surface area (Å²) in [6.45, 7) is 6.60. The molecular formula is C13H20ClFN2. The Bertz CT molecular complexity index is 342. The fraction of sp³-hybridized carbons (Fsp3) is 0.538. The molecule has 1 rings (SSSR count). The van der Waals surface area contributed by atoms with Gasteiger partial charge in [0.1, 0.15) is 5.82 Å². The van der Waals surface area contributed by atoms with Crippen LogP contribution in [0, 0.1) is 5.82 Å². The second-order valence-electron chi connectivity index (χ2n) is 4.35. The van der Waals surface area contributed by atoms with Crippen molar-refractivity contribution in [3.8, 4) is 0 Å². The molecule has 0 spiro atoms. The molecule has 0 aliphatic rings. The summed E-state index contributed by atoms with van der Waals surface area (Å²) >= 11 is 5.70. The number of rotatable bonds is 7. The smallest absolute Gasteiger partial charge is 0.146 e. The maximum atomic E-state index is 13.5. The quantitative estimate of drug-likeness (QED) is 0.735. The lowest BCUT2D eigenvalue weighted by Crippen LogP contribution is -2.26. The van der Waals surface area contributed by atoms with Crippen LogP contribution in [0.15, 0.2) is 18.2 Å². The van der Waals surface area contributed by atoms with Gasteiger partial charge in [-0.2, -0.15) is 0 Å². The minimum Gasteiger partial charge on any atom is -0.314 e. The van der Waals surface area contributed by atoms with Crippen molar-refractivity contribution in [1.82, 2.24) is 10.6 Å². The molecule has 0 saturated carbocycles. The highest BCUT2D eigenvalue weighted by molar-refractivity contribution is 6.30. The topological polar surface area (TPSA) is 24.1 Å². The van der Waals surface area contributed by atoms with E-state index in [0.29, 0.717) is 18.2 Å². The van der Waals surface area contributed by atoms with Crippen LogP contribution < -0.4 is 10.6 Å². The fourth-order valence-electron chi connectivity index (χ4n) is 1.51. The average molecular weight is 259 g/mol. The number of benzene rings is 1. The summed E-state index contributed by atoms with van der Waals surface area (Å²) in [4.78, 5) is 0. The fourth-order valence-corrected chi connectivity index (χ4v) is 1.71. The molecular weight excluding hydrogens is 239 g/mol. The molecule has 1 aromatic carbocycles. The first-order chi connectivity index (χ1) is 8.11. The molecule has 0 unspecified atom stereocenters. The van der Waals surface area contributed by atoms with Gasteiger partial charge in [0.05, 0.1) is 5.02 Å². The summed E-state index contributed by atoms with van der Waals surface area (Å²) in [7, 11) is 0. The Kier molecular flexibility index (Phi) is 6.48. The minimum atomic E-state index is -0.318. The summed E-state index contributed by atoms with van der Waals surface area (Å²) in [6, 6.07) is 5.59. The standard InChI is InChI=1S/C13H20ClFN2/c1-10(2)17-8-4-7-16-9-11-5-3-6-12(14)13(11)15/h3,5-6,10,16-17H,4,7-9H2,1-2H3. The zero-order valence-corrected chi connectivity index (χ0v) is 11.1. The van der Waals surface area contributed by atoms with Gasteiger partial charge in [0.25, 0.3) is 0 Å². The van der Waals surface area contributed by atoms with E-state index in [9.17, 15) is 4.39 Å². The van der Waals surface area contributed by atoms with E-state index >= 15 is 0 Å². The van der Waals surface area contributed by atoms with Crippen molar-refractivity contribution in [2.45, 2.75) is 32.9 Å². The van der Waals surface area contributed by atoms with Gasteiger partial charge < -0.3 is 10.6 Å². The van der Waals surface area contributed by atoms with Crippen molar-refractivity contribution in [3.05, 3.63) is 34.6 Å². The third kappa shape index (κ3) is 5.48. The predicted molar refractivity (Wildman–Crippen MR) is 70.9 cm³/mol. The predicted octanol–water partition coefficient (Wildman–Crippen LogP) is 2.96. The van der Waals surface area contributed by atoms with Crippen molar-refractivity contribution < 1.29 is 4.39 Å². The van der Waals surface area contributed by atoms with Crippen molar-refractivity contribution >= 4 is 11.6 Å². The molecule has 96 valence electrons. The minimum absolute atomic E-state index is 0.186. The normalized spacial score (nSPS) is 11.1. The van der Waals surface area contributed by atoms with E-state index in [1.165, 1.54) is 0 Å². The molecule has 0 aliphatic carbocycles. The van der Waals surface area contributed by atoms with Crippen molar-refractivity contribution in [2.24, 2.45) is 0 Å². The second-order valence-corrected chi connectivity index (χ2v) is 4.76. The van der Waals surface area contributed by atoms with Crippen LogP contribution in [0.5, 0.6) is 0 Å². The van der Waals surface area contributed by atoms with Gasteiger partial charge in [-0.05, 0) is 25.6 Å². The number of hydrogen-bond donors (Lipinski definition) is 2. The maximum Gasteiger partial charge on any atom is 0.146 e. The van der Waals surface area contributed by atoms with Crippen LogP contribution in [0.2, 0.25) is 5.02 Å².